The summed E-state index contributed by atoms with van der Waals surface area (Å²) in [7, 11) is 1.58. The molecular weight excluding hydrogens is 787 g/mol. The molecule has 14 heteroatoms. The number of esters is 1. The first-order valence-corrected chi connectivity index (χ1v) is 21.7. The highest BCUT2D eigenvalue weighted by Gasteiger charge is 2.40. The number of likely N-dealkylation sites (N-methyl/N-ethyl adjacent to an activating group) is 1. The van der Waals surface area contributed by atoms with E-state index in [1.165, 1.54) is 16.0 Å². The lowest BCUT2D eigenvalue weighted by atomic mass is 9.84. The maximum absolute atomic E-state index is 14.6. The van der Waals surface area contributed by atoms with Gasteiger partial charge >= 0.3 is 5.97 Å². The Kier molecular flexibility index (Phi) is 12.9. The number of nitrogens with one attached hydrogen (secondary N) is 2. The fourth-order valence-corrected chi connectivity index (χ4v) is 9.44. The maximum atomic E-state index is 14.6. The van der Waals surface area contributed by atoms with E-state index in [0.29, 0.717) is 44.3 Å². The van der Waals surface area contributed by atoms with E-state index in [-0.39, 0.29) is 49.6 Å². The van der Waals surface area contributed by atoms with Crippen LogP contribution in [0.2, 0.25) is 0 Å². The van der Waals surface area contributed by atoms with Crippen LogP contribution < -0.4 is 10.7 Å². The van der Waals surface area contributed by atoms with Gasteiger partial charge in [0, 0.05) is 73.9 Å². The third-order valence-corrected chi connectivity index (χ3v) is 12.5. The first-order valence-electron chi connectivity index (χ1n) is 21.7. The third kappa shape index (κ3) is 9.11. The Hall–Kier alpha value is -6.02. The van der Waals surface area contributed by atoms with Gasteiger partial charge in [0.15, 0.2) is 0 Å². The van der Waals surface area contributed by atoms with Gasteiger partial charge in [-0.2, -0.15) is 0 Å². The van der Waals surface area contributed by atoms with E-state index < -0.39 is 47.2 Å². The van der Waals surface area contributed by atoms with Gasteiger partial charge in [0.1, 0.15) is 23.9 Å². The maximum Gasteiger partial charge on any atom is 0.324 e. The molecule has 62 heavy (non-hydrogen) atoms. The second-order valence-corrected chi connectivity index (χ2v) is 18.1. The number of phenolic OH excluding ortho intramolecular Hbond substituents is 1. The van der Waals surface area contributed by atoms with Gasteiger partial charge in [0.05, 0.1) is 18.2 Å². The number of phenols is 1. The molecule has 2 fully saturated rings. The smallest absolute Gasteiger partial charge is 0.324 e. The molecule has 3 N–H and O–H groups in total. The minimum Gasteiger partial charge on any atom is -0.508 e. The first kappa shape index (κ1) is 44.0. The van der Waals surface area contributed by atoms with Crippen LogP contribution in [0, 0.1) is 17.3 Å². The van der Waals surface area contributed by atoms with E-state index in [1.807, 2.05) is 38.2 Å². The lowest BCUT2D eigenvalue weighted by Gasteiger charge is -2.37. The number of aromatic hydroxyl groups is 1. The van der Waals surface area contributed by atoms with Crippen LogP contribution in [0.1, 0.15) is 65.0 Å². The average molecular weight is 846 g/mol. The van der Waals surface area contributed by atoms with Gasteiger partial charge in [-0.3, -0.25) is 34.0 Å². The number of ether oxygens (including phenoxy) is 1. The van der Waals surface area contributed by atoms with Crippen LogP contribution in [-0.4, -0.2) is 110 Å². The zero-order valence-electron chi connectivity index (χ0n) is 36.6. The van der Waals surface area contributed by atoms with Crippen molar-refractivity contribution in [3.63, 3.8) is 0 Å². The highest BCUT2D eigenvalue weighted by molar-refractivity contribution is 5.96. The zero-order valence-corrected chi connectivity index (χ0v) is 36.6. The number of amides is 4. The normalized spacial score (nSPS) is 21.0. The van der Waals surface area contributed by atoms with Crippen molar-refractivity contribution in [2.45, 2.75) is 91.4 Å². The van der Waals surface area contributed by atoms with Crippen LogP contribution in [0.15, 0.2) is 73.6 Å². The van der Waals surface area contributed by atoms with E-state index >= 15 is 0 Å². The molecule has 1 unspecified atom stereocenters. The summed E-state index contributed by atoms with van der Waals surface area (Å²) in [6, 6.07) is 12.5. The fraction of sp³-hybridized carbons (Fsp3) is 0.458. The molecule has 4 amide bonds. The van der Waals surface area contributed by atoms with Gasteiger partial charge in [0.2, 0.25) is 17.7 Å². The molecule has 14 nitrogen and oxygen atoms in total. The van der Waals surface area contributed by atoms with Crippen LogP contribution in [0.5, 0.6) is 5.75 Å². The lowest BCUT2D eigenvalue weighted by Crippen LogP contribution is -2.62. The Morgan fingerprint density at radius 2 is 1.87 bits per heavy atom. The summed E-state index contributed by atoms with van der Waals surface area (Å²) in [4.78, 5) is 76.4. The number of rotatable bonds is 8. The molecule has 0 aliphatic carbocycles. The number of hydrogen-bond acceptors (Lipinski definition) is 9. The number of cyclic esters (lactones) is 1. The molecule has 5 heterocycles. The third-order valence-electron chi connectivity index (χ3n) is 12.5. The molecule has 3 aliphatic rings. The number of pyridine rings is 1. The van der Waals surface area contributed by atoms with Crippen molar-refractivity contribution in [3.05, 3.63) is 84.7 Å². The van der Waals surface area contributed by atoms with Crippen LogP contribution in [0.4, 0.5) is 0 Å². The second-order valence-electron chi connectivity index (χ2n) is 18.1. The van der Waals surface area contributed by atoms with E-state index in [0.717, 1.165) is 38.9 Å². The summed E-state index contributed by atoms with van der Waals surface area (Å²) in [5.41, 5.74) is 8.93. The van der Waals surface area contributed by atoms with Crippen LogP contribution >= 0.6 is 0 Å². The predicted molar refractivity (Wildman–Crippen MR) is 236 cm³/mol. The molecule has 2 aromatic heterocycles. The predicted octanol–water partition coefficient (Wildman–Crippen LogP) is 5.26. The zero-order chi connectivity index (χ0) is 44.5. The molecule has 328 valence electrons. The summed E-state index contributed by atoms with van der Waals surface area (Å²) in [6.07, 6.45) is 6.86. The number of carbonyl (C=O) groups excluding carboxylic acids is 5. The highest BCUT2D eigenvalue weighted by atomic mass is 16.5. The number of aryl methyl sites for hydroxylation is 1. The largest absolute Gasteiger partial charge is 0.508 e. The number of benzene rings is 2. The number of hydrogen-bond donors (Lipinski definition) is 3. The molecule has 3 aliphatic heterocycles. The number of aromatic nitrogens is 2. The Labute approximate surface area is 363 Å². The molecule has 0 radical (unpaired) electrons. The average Bonchev–Trinajstić information content (AvgIpc) is 3.87. The second kappa shape index (κ2) is 18.1. The molecule has 4 atom stereocenters. The Balaban J connectivity index is 1.28. The molecule has 6 bridgehead atoms. The van der Waals surface area contributed by atoms with Crippen molar-refractivity contribution in [2.24, 2.45) is 17.3 Å². The number of likely N-dealkylation sites (tertiary alicyclic amines) is 1. The molecule has 0 spiro atoms. The van der Waals surface area contributed by atoms with Crippen molar-refractivity contribution < 1.29 is 33.8 Å². The van der Waals surface area contributed by atoms with Crippen molar-refractivity contribution in [3.8, 4) is 28.1 Å². The van der Waals surface area contributed by atoms with Gasteiger partial charge in [-0.05, 0) is 103 Å². The quantitative estimate of drug-likeness (QED) is 0.159. The van der Waals surface area contributed by atoms with Crippen molar-refractivity contribution in [1.29, 1.82) is 0 Å². The highest BCUT2D eigenvalue weighted by Crippen LogP contribution is 2.40. The SMILES string of the molecule is C=CC(=O)N1CC[C@H](C(=O)N(C)C(C(=O)N[C@H]2Cc3cc(O)cc(c3)-c3ccc4c(c3)c(c(-c3cccnc3)n4CC)CC(C)(C)COC(=O)[C@@H]3CCCN(N3)C2=O)C(C)C)C1. The van der Waals surface area contributed by atoms with Gasteiger partial charge < -0.3 is 29.5 Å². The van der Waals surface area contributed by atoms with E-state index in [4.69, 9.17) is 4.74 Å². The molecule has 7 rings (SSSR count). The number of hydrazine groups is 1. The standard InChI is InChI=1S/C48H59N7O7/c1-8-41(57)53-19-16-33(27-53)45(59)52(7)42(29(3)4)44(58)50-39-22-30-20-34(23-35(56)21-30)31-14-15-40-36(24-31)37(43(54(40)9-2)32-12-10-17-49-26-32)25-48(5,6)28-62-47(61)38-13-11-18-55(51-38)46(39)60/h8,10,12,14-15,17,20-21,23-24,26,29,33,38-39,42,51,56H,1,9,11,13,16,18-19,22,25,27-28H2,2-7H3,(H,50,58)/t33-,38-,39-,42?/m0/s1. The summed E-state index contributed by atoms with van der Waals surface area (Å²) >= 11 is 0. The van der Waals surface area contributed by atoms with E-state index in [9.17, 15) is 29.1 Å². The monoisotopic (exact) mass is 845 g/mol. The Morgan fingerprint density at radius 1 is 1.08 bits per heavy atom. The lowest BCUT2D eigenvalue weighted by molar-refractivity contribution is -0.155. The summed E-state index contributed by atoms with van der Waals surface area (Å²) < 4.78 is 8.33. The number of carbonyl (C=O) groups is 5. The van der Waals surface area contributed by atoms with Gasteiger partial charge in [-0.15, -0.1) is 0 Å². The summed E-state index contributed by atoms with van der Waals surface area (Å²) in [5, 5.41) is 16.6. The fourth-order valence-electron chi connectivity index (χ4n) is 9.44. The molecule has 0 saturated carbocycles. The first-order chi connectivity index (χ1) is 29.6. The minimum atomic E-state index is -1.15. The molecule has 2 aromatic carbocycles. The topological polar surface area (TPSA) is 166 Å². The van der Waals surface area contributed by atoms with Gasteiger partial charge in [-0.25, -0.2) is 5.43 Å². The van der Waals surface area contributed by atoms with Gasteiger partial charge in [-0.1, -0.05) is 46.4 Å². The number of nitrogens with zero attached hydrogens (tertiary/aromatic N) is 5. The van der Waals surface area contributed by atoms with Crippen molar-refractivity contribution in [2.75, 3.05) is 33.3 Å². The van der Waals surface area contributed by atoms with Crippen LogP contribution in [-0.2, 0) is 48.1 Å². The van der Waals surface area contributed by atoms with Crippen LogP contribution in [0.3, 0.4) is 0 Å². The summed E-state index contributed by atoms with van der Waals surface area (Å²) in [6.45, 7) is 15.3. The van der Waals surface area contributed by atoms with Crippen molar-refractivity contribution >= 4 is 40.5 Å². The van der Waals surface area contributed by atoms with Crippen molar-refractivity contribution in [1.82, 2.24) is 35.1 Å². The minimum absolute atomic E-state index is 0.00195. The Bertz CT molecular complexity index is 2370. The molecule has 2 saturated heterocycles. The molecule has 4 aromatic rings. The van der Waals surface area contributed by atoms with E-state index in [1.54, 1.807) is 30.3 Å². The number of fused-ring (bicyclic) bond motifs is 6. The van der Waals surface area contributed by atoms with Gasteiger partial charge in [0.25, 0.3) is 5.91 Å². The Morgan fingerprint density at radius 3 is 2.58 bits per heavy atom. The molecular formula is C48H59N7O7. The van der Waals surface area contributed by atoms with Crippen LogP contribution in [0.25, 0.3) is 33.3 Å². The summed E-state index contributed by atoms with van der Waals surface area (Å²) in [5.74, 6) is -2.80. The van der Waals surface area contributed by atoms with E-state index in [2.05, 4.69) is 65.8 Å².